The molecule has 0 spiro atoms. The van der Waals surface area contributed by atoms with Crippen LogP contribution in [0.1, 0.15) is 24.0 Å². The van der Waals surface area contributed by atoms with Gasteiger partial charge in [0.25, 0.3) is 5.56 Å². The quantitative estimate of drug-likeness (QED) is 0.333. The molecule has 0 aliphatic carbocycles. The van der Waals surface area contributed by atoms with Crippen LogP contribution in [-0.4, -0.2) is 38.9 Å². The smallest absolute Gasteiger partial charge is 0.416 e. The van der Waals surface area contributed by atoms with E-state index in [-0.39, 0.29) is 24.6 Å². The van der Waals surface area contributed by atoms with Crippen molar-refractivity contribution in [2.45, 2.75) is 32.2 Å². The first-order chi connectivity index (χ1) is 16.9. The van der Waals surface area contributed by atoms with Crippen LogP contribution in [0.15, 0.2) is 71.8 Å². The molecule has 2 aromatic heterocycles. The van der Waals surface area contributed by atoms with Crippen molar-refractivity contribution >= 4 is 23.3 Å². The van der Waals surface area contributed by atoms with Gasteiger partial charge in [-0.3, -0.25) is 14.0 Å². The van der Waals surface area contributed by atoms with E-state index >= 15 is 0 Å². The van der Waals surface area contributed by atoms with Crippen LogP contribution in [0.4, 0.5) is 13.2 Å². The molecule has 1 aliphatic heterocycles. The molecule has 0 unspecified atom stereocenters. The largest absolute Gasteiger partial charge is 0.489 e. The lowest BCUT2D eigenvalue weighted by Gasteiger charge is -2.14. The van der Waals surface area contributed by atoms with E-state index in [4.69, 9.17) is 4.74 Å². The number of benzene rings is 2. The third-order valence-electron chi connectivity index (χ3n) is 6.31. The minimum Gasteiger partial charge on any atom is -0.489 e. The highest BCUT2D eigenvalue weighted by molar-refractivity contribution is 5.85. The van der Waals surface area contributed by atoms with Crippen LogP contribution >= 0.6 is 12.4 Å². The van der Waals surface area contributed by atoms with Crippen molar-refractivity contribution in [3.63, 3.8) is 0 Å². The number of alkyl halides is 3. The van der Waals surface area contributed by atoms with Gasteiger partial charge in [0.05, 0.1) is 23.8 Å². The molecule has 36 heavy (non-hydrogen) atoms. The average Bonchev–Trinajstić information content (AvgIpc) is 3.50. The number of hydrogen-bond donors (Lipinski definition) is 0. The molecule has 0 atom stereocenters. The molecular weight excluding hydrogens is 493 g/mol. The molecule has 10 heteroatoms. The van der Waals surface area contributed by atoms with Crippen molar-refractivity contribution in [2.24, 2.45) is 0 Å². The van der Waals surface area contributed by atoms with Crippen molar-refractivity contribution in [1.29, 1.82) is 0 Å². The summed E-state index contributed by atoms with van der Waals surface area (Å²) in [5.41, 5.74) is 1.34. The Balaban J connectivity index is 0.00000304. The summed E-state index contributed by atoms with van der Waals surface area (Å²) in [5, 5.41) is 5.48. The highest BCUT2D eigenvalue weighted by atomic mass is 35.5. The van der Waals surface area contributed by atoms with E-state index in [0.29, 0.717) is 11.3 Å². The summed E-state index contributed by atoms with van der Waals surface area (Å²) in [7, 11) is 0. The maximum absolute atomic E-state index is 12.7. The number of fused-ring (bicyclic) bond motifs is 1. The van der Waals surface area contributed by atoms with Gasteiger partial charge in [-0.05, 0) is 67.9 Å². The topological polar surface area (TPSA) is 52.3 Å². The highest BCUT2D eigenvalue weighted by Crippen LogP contribution is 2.29. The monoisotopic (exact) mass is 518 g/mol. The molecule has 0 radical (unpaired) electrons. The maximum atomic E-state index is 12.7. The van der Waals surface area contributed by atoms with Gasteiger partial charge in [-0.15, -0.1) is 12.4 Å². The fraction of sp³-hybridized carbons (Fsp3) is 0.308. The van der Waals surface area contributed by atoms with Crippen LogP contribution in [0.25, 0.3) is 16.6 Å². The van der Waals surface area contributed by atoms with Crippen LogP contribution in [0.3, 0.4) is 0 Å². The van der Waals surface area contributed by atoms with E-state index in [2.05, 4.69) is 10.00 Å². The molecule has 0 amide bonds. The molecule has 1 saturated heterocycles. The summed E-state index contributed by atoms with van der Waals surface area (Å²) in [5.74, 6) is 0.349. The predicted molar refractivity (Wildman–Crippen MR) is 134 cm³/mol. The zero-order chi connectivity index (χ0) is 24.4. The summed E-state index contributed by atoms with van der Waals surface area (Å²) in [6, 6.07) is 13.6. The fourth-order valence-electron chi connectivity index (χ4n) is 4.37. The summed E-state index contributed by atoms with van der Waals surface area (Å²) in [4.78, 5) is 15.2. The van der Waals surface area contributed by atoms with Crippen molar-refractivity contribution in [2.75, 3.05) is 19.6 Å². The van der Waals surface area contributed by atoms with Crippen LogP contribution in [0, 0.1) is 0 Å². The van der Waals surface area contributed by atoms with E-state index < -0.39 is 11.7 Å². The first kappa shape index (κ1) is 25.8. The number of ether oxygens (including phenoxy) is 1. The summed E-state index contributed by atoms with van der Waals surface area (Å²) >= 11 is 0. The van der Waals surface area contributed by atoms with Gasteiger partial charge < -0.3 is 9.64 Å². The zero-order valence-electron chi connectivity index (χ0n) is 19.4. The van der Waals surface area contributed by atoms with Gasteiger partial charge in [0.15, 0.2) is 0 Å². The van der Waals surface area contributed by atoms with E-state index in [0.717, 1.165) is 54.9 Å². The number of rotatable bonds is 7. The fourth-order valence-corrected chi connectivity index (χ4v) is 4.37. The van der Waals surface area contributed by atoms with E-state index in [9.17, 15) is 18.0 Å². The molecule has 5 rings (SSSR count). The Bertz CT molecular complexity index is 1380. The second-order valence-electron chi connectivity index (χ2n) is 8.71. The summed E-state index contributed by atoms with van der Waals surface area (Å²) < 4.78 is 47.2. The number of likely N-dealkylation sites (tertiary alicyclic amines) is 1. The minimum absolute atomic E-state index is 0. The normalized spacial score (nSPS) is 14.2. The molecule has 0 bridgehead atoms. The molecule has 190 valence electrons. The number of aromatic nitrogens is 3. The average molecular weight is 519 g/mol. The number of nitrogens with zero attached hydrogens (tertiary/aromatic N) is 4. The van der Waals surface area contributed by atoms with Gasteiger partial charge in [-0.25, -0.2) is 0 Å². The Kier molecular flexibility index (Phi) is 7.70. The Labute approximate surface area is 212 Å². The van der Waals surface area contributed by atoms with Gasteiger partial charge >= 0.3 is 6.18 Å². The zero-order valence-corrected chi connectivity index (χ0v) is 20.3. The van der Waals surface area contributed by atoms with Gasteiger partial charge in [-0.1, -0.05) is 12.1 Å². The van der Waals surface area contributed by atoms with Gasteiger partial charge in [0, 0.05) is 29.9 Å². The van der Waals surface area contributed by atoms with Gasteiger partial charge in [-0.2, -0.15) is 18.3 Å². The molecule has 0 N–H and O–H groups in total. The molecule has 0 saturated carbocycles. The Hall–Kier alpha value is -3.30. The van der Waals surface area contributed by atoms with Crippen molar-refractivity contribution in [3.8, 4) is 11.4 Å². The first-order valence-electron chi connectivity index (χ1n) is 11.6. The van der Waals surface area contributed by atoms with Crippen molar-refractivity contribution < 1.29 is 17.9 Å². The number of halogens is 4. The molecule has 4 aromatic rings. The molecule has 3 heterocycles. The molecule has 1 fully saturated rings. The second kappa shape index (κ2) is 10.8. The lowest BCUT2D eigenvalue weighted by atomic mass is 10.1. The third kappa shape index (κ3) is 5.74. The molecule has 1 aliphatic rings. The second-order valence-corrected chi connectivity index (χ2v) is 8.71. The summed E-state index contributed by atoms with van der Waals surface area (Å²) in [6.07, 6.45) is 1.59. The Morgan fingerprint density at radius 1 is 0.944 bits per heavy atom. The van der Waals surface area contributed by atoms with Crippen LogP contribution < -0.4 is 10.3 Å². The van der Waals surface area contributed by atoms with Crippen molar-refractivity contribution in [1.82, 2.24) is 19.2 Å². The molecule has 2 aromatic carbocycles. The van der Waals surface area contributed by atoms with E-state index in [1.165, 1.54) is 35.6 Å². The number of hydrogen-bond acceptors (Lipinski definition) is 4. The van der Waals surface area contributed by atoms with Crippen LogP contribution in [0.2, 0.25) is 0 Å². The highest BCUT2D eigenvalue weighted by Gasteiger charge is 2.29. The first-order valence-corrected chi connectivity index (χ1v) is 11.6. The van der Waals surface area contributed by atoms with E-state index in [1.807, 2.05) is 29.1 Å². The SMILES string of the molecule is Cl.O=c1cc(OCc2ccc(C(F)(F)F)cc2)ccn1-c1ccc2c(cnn2CCN2CCCC2)c1. The standard InChI is InChI=1S/C26H25F3N4O2.ClH/c27-26(28,29)21-5-3-19(4-6-21)18-35-23-9-12-32(25(34)16-23)22-7-8-24-20(15-22)17-30-33(24)14-13-31-10-1-2-11-31;/h3-9,12,15-17H,1-2,10-11,13-14,18H2;1H. The van der Waals surface area contributed by atoms with Gasteiger partial charge in [0.1, 0.15) is 12.4 Å². The molecular formula is C26H26ClF3N4O2. The molecule has 6 nitrogen and oxygen atoms in total. The number of pyridine rings is 1. The maximum Gasteiger partial charge on any atom is 0.416 e. The van der Waals surface area contributed by atoms with Crippen LogP contribution in [0.5, 0.6) is 5.75 Å². The van der Waals surface area contributed by atoms with E-state index in [1.54, 1.807) is 12.3 Å². The Morgan fingerprint density at radius 3 is 2.39 bits per heavy atom. The lowest BCUT2D eigenvalue weighted by molar-refractivity contribution is -0.137. The van der Waals surface area contributed by atoms with Gasteiger partial charge in [0.2, 0.25) is 0 Å². The minimum atomic E-state index is -4.38. The van der Waals surface area contributed by atoms with Crippen molar-refractivity contribution in [3.05, 3.63) is 88.5 Å². The third-order valence-corrected chi connectivity index (χ3v) is 6.31. The Morgan fingerprint density at radius 2 is 1.69 bits per heavy atom. The predicted octanol–water partition coefficient (Wildman–Crippen LogP) is 5.30. The summed E-state index contributed by atoms with van der Waals surface area (Å²) in [6.45, 7) is 4.16. The van der Waals surface area contributed by atoms with Crippen LogP contribution in [-0.2, 0) is 19.3 Å². The lowest BCUT2D eigenvalue weighted by Crippen LogP contribution is -2.24.